The van der Waals surface area contributed by atoms with Crippen LogP contribution in [0.4, 0.5) is 0 Å². The van der Waals surface area contributed by atoms with Crippen LogP contribution in [0.2, 0.25) is 0 Å². The molecule has 0 spiro atoms. The molecule has 0 atom stereocenters. The molecule has 3 heterocycles. The van der Waals surface area contributed by atoms with Crippen molar-refractivity contribution in [2.75, 3.05) is 0 Å². The number of rotatable bonds is 6. The minimum Gasteiger partial charge on any atom is -0.500 e. The van der Waals surface area contributed by atoms with E-state index in [0.29, 0.717) is 44.7 Å². The van der Waals surface area contributed by atoms with E-state index in [1.54, 1.807) is 0 Å². The first-order chi connectivity index (χ1) is 31.1. The maximum Gasteiger partial charge on any atom is 0.129 e. The molecule has 0 aliphatic rings. The summed E-state index contributed by atoms with van der Waals surface area (Å²) in [6.07, 6.45) is 3.40. The zero-order valence-corrected chi connectivity index (χ0v) is 38.8. The average Bonchev–Trinajstić information content (AvgIpc) is 3.67. The molecule has 0 N–H and O–H groups in total. The van der Waals surface area contributed by atoms with Crippen LogP contribution in [0.3, 0.4) is 0 Å². The Hall–Kier alpha value is -5.41. The zero-order chi connectivity index (χ0) is 47.5. The molecule has 0 fully saturated rings. The van der Waals surface area contributed by atoms with E-state index in [0.717, 1.165) is 49.5 Å². The summed E-state index contributed by atoms with van der Waals surface area (Å²) in [5.74, 6) is 0.546. The van der Waals surface area contributed by atoms with Crippen molar-refractivity contribution in [2.24, 2.45) is 0 Å². The van der Waals surface area contributed by atoms with Gasteiger partial charge in [0.2, 0.25) is 0 Å². The second-order valence-corrected chi connectivity index (χ2v) is 17.8. The molecule has 3 aromatic heterocycles. The molecule has 311 valence electrons. The Labute approximate surface area is 384 Å². The van der Waals surface area contributed by atoms with Gasteiger partial charge in [-0.2, -0.15) is 0 Å². The maximum atomic E-state index is 8.55. The van der Waals surface area contributed by atoms with Gasteiger partial charge in [0.1, 0.15) is 5.58 Å². The largest absolute Gasteiger partial charge is 0.500 e. The molecule has 0 amide bonds. The number of hydrogen-bond acceptors (Lipinski definition) is 3. The number of pyridine rings is 2. The molecule has 9 rings (SSSR count). The molecule has 6 aromatic carbocycles. The molecule has 0 aliphatic heterocycles. The molecule has 1 radical (unpaired) electrons. The fourth-order valence-corrected chi connectivity index (χ4v) is 8.17. The van der Waals surface area contributed by atoms with Crippen molar-refractivity contribution in [1.29, 1.82) is 0 Å². The average molecular weight is 983 g/mol. The van der Waals surface area contributed by atoms with Crippen LogP contribution in [-0.2, 0) is 25.5 Å². The van der Waals surface area contributed by atoms with Gasteiger partial charge in [0.25, 0.3) is 0 Å². The number of benzene rings is 6. The maximum absolute atomic E-state index is 8.55. The molecule has 61 heavy (non-hydrogen) atoms. The summed E-state index contributed by atoms with van der Waals surface area (Å²) in [6, 6.07) is 42.4. The minimum atomic E-state index is -2.43. The Morgan fingerprint density at radius 3 is 1.95 bits per heavy atom. The van der Waals surface area contributed by atoms with E-state index in [2.05, 4.69) is 110 Å². The van der Waals surface area contributed by atoms with Gasteiger partial charge in [-0.15, -0.1) is 53.6 Å². The molecule has 0 unspecified atom stereocenters. The van der Waals surface area contributed by atoms with Gasteiger partial charge in [-0.3, -0.25) is 0 Å². The molecule has 0 bridgehead atoms. The first-order valence-electron chi connectivity index (χ1n) is 24.0. The number of nitrogens with zero attached hydrogens (tertiary/aromatic N) is 2. The summed E-state index contributed by atoms with van der Waals surface area (Å²) in [5.41, 5.74) is 10.5. The molecule has 3 nitrogen and oxygen atoms in total. The normalized spacial score (nSPS) is 13.7. The van der Waals surface area contributed by atoms with Crippen LogP contribution in [0.5, 0.6) is 0 Å². The number of fused-ring (bicyclic) bond motifs is 7. The van der Waals surface area contributed by atoms with Crippen LogP contribution in [0.1, 0.15) is 122 Å². The van der Waals surface area contributed by atoms with Gasteiger partial charge >= 0.3 is 0 Å². The Bertz CT molecular complexity index is 3200. The third kappa shape index (κ3) is 8.46. The van der Waals surface area contributed by atoms with E-state index in [4.69, 9.17) is 17.6 Å². The van der Waals surface area contributed by atoms with E-state index in [1.807, 2.05) is 79.0 Å². The first kappa shape index (κ1) is 36.3. The van der Waals surface area contributed by atoms with Crippen molar-refractivity contribution in [3.05, 3.63) is 167 Å². The van der Waals surface area contributed by atoms with Crippen LogP contribution < -0.4 is 0 Å². The Morgan fingerprint density at radius 1 is 0.623 bits per heavy atom. The van der Waals surface area contributed by atoms with Crippen LogP contribution in [0.15, 0.2) is 126 Å². The standard InChI is InChI=1S/C42H40NO.C15H16N.Ir/c1-23(2)30-19-34(24(3)4)40(35(20-30)25(5)6)36-21-37(43-22-27(36)8)32-17-13-26(7)38-33-18-16-29-15-14-28-11-9-10-12-31(28)39(29)42(33)44-41(32)38;1-15(2,3)13-9-10-14(16-11-13)12-7-5-4-6-8-12;/h9-16,18-25H,1-8H3;4-7,9-11H,1-3H3;/q2*-1;/i7D3,8D3;;. The molecular formula is C57H56IrN2O-2. The van der Waals surface area contributed by atoms with E-state index in [1.165, 1.54) is 23.4 Å². The van der Waals surface area contributed by atoms with Gasteiger partial charge in [0.05, 0.1) is 5.58 Å². The fourth-order valence-electron chi connectivity index (χ4n) is 8.17. The van der Waals surface area contributed by atoms with Crippen molar-refractivity contribution < 1.29 is 32.7 Å². The predicted molar refractivity (Wildman–Crippen MR) is 255 cm³/mol. The molecule has 0 saturated carbocycles. The summed E-state index contributed by atoms with van der Waals surface area (Å²) in [5, 5.41) is 5.11. The van der Waals surface area contributed by atoms with Crippen molar-refractivity contribution in [3.8, 4) is 33.6 Å². The Kier molecular flexibility index (Phi) is 10.4. The summed E-state index contributed by atoms with van der Waals surface area (Å²) in [6.45, 7) is 14.6. The smallest absolute Gasteiger partial charge is 0.129 e. The van der Waals surface area contributed by atoms with Crippen LogP contribution in [0.25, 0.3) is 77.1 Å². The summed E-state index contributed by atoms with van der Waals surface area (Å²) in [7, 11) is 0. The van der Waals surface area contributed by atoms with Gasteiger partial charge < -0.3 is 14.4 Å². The summed E-state index contributed by atoms with van der Waals surface area (Å²) < 4.78 is 57.8. The number of aromatic nitrogens is 2. The Balaban J connectivity index is 0.000000331. The molecule has 0 saturated heterocycles. The molecule has 0 aliphatic carbocycles. The number of hydrogen-bond donors (Lipinski definition) is 0. The van der Waals surface area contributed by atoms with Crippen LogP contribution in [-0.4, -0.2) is 9.97 Å². The van der Waals surface area contributed by atoms with Crippen LogP contribution >= 0.6 is 0 Å². The molecule has 9 aromatic rings. The van der Waals surface area contributed by atoms with E-state index >= 15 is 0 Å². The van der Waals surface area contributed by atoms with Gasteiger partial charge in [-0.1, -0.05) is 159 Å². The molecule has 4 heteroatoms. The molecular weight excluding hydrogens is 921 g/mol. The van der Waals surface area contributed by atoms with Crippen molar-refractivity contribution in [1.82, 2.24) is 9.97 Å². The zero-order valence-electron chi connectivity index (χ0n) is 42.4. The van der Waals surface area contributed by atoms with Gasteiger partial charge in [-0.05, 0) is 96.5 Å². The van der Waals surface area contributed by atoms with Crippen LogP contribution in [0, 0.1) is 25.8 Å². The number of aryl methyl sites for hydroxylation is 2. The van der Waals surface area contributed by atoms with Gasteiger partial charge in [0, 0.05) is 51.5 Å². The first-order valence-corrected chi connectivity index (χ1v) is 21.0. The third-order valence-electron chi connectivity index (χ3n) is 11.6. The monoisotopic (exact) mass is 983 g/mol. The van der Waals surface area contributed by atoms with Crippen molar-refractivity contribution in [3.63, 3.8) is 0 Å². The van der Waals surface area contributed by atoms with Crippen molar-refractivity contribution >= 4 is 43.5 Å². The minimum absolute atomic E-state index is 0. The topological polar surface area (TPSA) is 38.9 Å². The fraction of sp³-hybridized carbons (Fsp3) is 0.263. The second kappa shape index (κ2) is 17.5. The predicted octanol–water partition coefficient (Wildman–Crippen LogP) is 16.3. The Morgan fingerprint density at radius 2 is 1.31 bits per heavy atom. The van der Waals surface area contributed by atoms with E-state index in [9.17, 15) is 0 Å². The van der Waals surface area contributed by atoms with E-state index < -0.39 is 13.7 Å². The van der Waals surface area contributed by atoms with E-state index in [-0.39, 0.29) is 48.5 Å². The SMILES string of the molecule is CC(C)(C)c1ccc(-c2[c-]cccc2)nc1.[2H]C([2H])([2H])c1cnc(-c2[c-]cc(C([2H])([2H])[2H])c3c2oc2c3ccc3ccc4ccccc4c32)cc1-c1c(C(C)C)cc(C(C)C)cc1C(C)C.[Ir]. The van der Waals surface area contributed by atoms with Gasteiger partial charge in [0.15, 0.2) is 0 Å². The summed E-state index contributed by atoms with van der Waals surface area (Å²) in [4.78, 5) is 9.21. The van der Waals surface area contributed by atoms with Gasteiger partial charge in [-0.25, -0.2) is 0 Å². The summed E-state index contributed by atoms with van der Waals surface area (Å²) >= 11 is 0. The quantitative estimate of drug-likeness (QED) is 0.123. The van der Waals surface area contributed by atoms with Crippen molar-refractivity contribution in [2.45, 2.75) is 99.2 Å². The third-order valence-corrected chi connectivity index (χ3v) is 11.6. The second-order valence-electron chi connectivity index (χ2n) is 17.8. The number of furan rings is 1.